The molecule has 1 rings (SSSR count). The number of esters is 6. The highest BCUT2D eigenvalue weighted by Crippen LogP contribution is 2.39. The molecule has 0 aromatic heterocycles. The van der Waals surface area contributed by atoms with Crippen molar-refractivity contribution >= 4 is 41.7 Å². The van der Waals surface area contributed by atoms with Gasteiger partial charge in [0.05, 0.1) is 13.2 Å². The van der Waals surface area contributed by atoms with Crippen LogP contribution in [0.1, 0.15) is 41.5 Å². The van der Waals surface area contributed by atoms with E-state index in [9.17, 15) is 33.6 Å². The summed E-state index contributed by atoms with van der Waals surface area (Å²) in [6, 6.07) is -1.75. The summed E-state index contributed by atoms with van der Waals surface area (Å²) in [5, 5.41) is 2.28. The van der Waals surface area contributed by atoms with Gasteiger partial charge in [-0.3, -0.25) is 28.8 Å². The number of ether oxygens (including phenoxy) is 7. The van der Waals surface area contributed by atoms with Crippen LogP contribution in [0.15, 0.2) is 0 Å². The zero-order valence-electron chi connectivity index (χ0n) is 21.8. The van der Waals surface area contributed by atoms with Crippen molar-refractivity contribution < 1.29 is 71.1 Å². The van der Waals surface area contributed by atoms with Gasteiger partial charge in [0.15, 0.2) is 18.3 Å². The normalized spacial score (nSPS) is 26.0. The van der Waals surface area contributed by atoms with Gasteiger partial charge in [-0.05, 0) is 0 Å². The molecule has 1 aliphatic heterocycles. The second-order valence-electron chi connectivity index (χ2n) is 8.06. The lowest BCUT2D eigenvalue weighted by Gasteiger charge is -2.49. The fourth-order valence-electron chi connectivity index (χ4n) is 3.71. The molecule has 0 unspecified atom stereocenters. The molecule has 15 nitrogen and oxygen atoms in total. The molecule has 7 atom stereocenters. The molecule has 1 amide bonds. The Balaban J connectivity index is 3.93. The highest BCUT2D eigenvalue weighted by molar-refractivity contribution is 5.83. The van der Waals surface area contributed by atoms with E-state index in [1.807, 2.05) is 0 Å². The Hall–Kier alpha value is -3.82. The first-order chi connectivity index (χ1) is 17.5. The van der Waals surface area contributed by atoms with E-state index < -0.39 is 90.7 Å². The molecular formula is C22H30FNO14. The zero-order valence-corrected chi connectivity index (χ0v) is 21.8. The van der Waals surface area contributed by atoms with E-state index in [1.165, 1.54) is 0 Å². The predicted molar refractivity (Wildman–Crippen MR) is 117 cm³/mol. The number of carbonyl (C=O) groups excluding carboxylic acids is 7. The van der Waals surface area contributed by atoms with E-state index in [2.05, 4.69) is 10.1 Å². The largest absolute Gasteiger partial charge is 0.464 e. The molecule has 0 radical (unpaired) electrons. The van der Waals surface area contributed by atoms with Crippen molar-refractivity contribution in [3.8, 4) is 0 Å². The van der Waals surface area contributed by atoms with Gasteiger partial charge in [-0.25, -0.2) is 9.18 Å². The van der Waals surface area contributed by atoms with Crippen LogP contribution in [-0.4, -0.2) is 97.9 Å². The molecule has 0 saturated carbocycles. The van der Waals surface area contributed by atoms with Crippen molar-refractivity contribution in [1.82, 2.24) is 5.32 Å². The molecule has 0 spiro atoms. The SMILES string of the molecule is COC(=O)[C@]1(OC(C)=O)O[C@H]([C@H](OC(C)=O)[C@@H](COC(C)=O)OC(C)=O)[C@H](NC(C)=O)[C@H](OC(C)=O)[C@@H]1F. The molecule has 1 heterocycles. The Morgan fingerprint density at radius 1 is 0.868 bits per heavy atom. The molecule has 0 aromatic rings. The van der Waals surface area contributed by atoms with Gasteiger partial charge < -0.3 is 38.5 Å². The number of hydrogen-bond donors (Lipinski definition) is 1. The van der Waals surface area contributed by atoms with Crippen LogP contribution in [0.5, 0.6) is 0 Å². The van der Waals surface area contributed by atoms with Gasteiger partial charge in [0.25, 0.3) is 0 Å². The Labute approximate surface area is 216 Å². The average Bonchev–Trinajstić information content (AvgIpc) is 2.77. The average molecular weight is 551 g/mol. The minimum atomic E-state index is -3.25. The fourth-order valence-corrected chi connectivity index (χ4v) is 3.71. The molecule has 1 saturated heterocycles. The summed E-state index contributed by atoms with van der Waals surface area (Å²) in [6.07, 6.45) is -10.4. The summed E-state index contributed by atoms with van der Waals surface area (Å²) in [5.41, 5.74) is 0. The third kappa shape index (κ3) is 8.36. The monoisotopic (exact) mass is 551 g/mol. The van der Waals surface area contributed by atoms with Gasteiger partial charge in [-0.1, -0.05) is 0 Å². The van der Waals surface area contributed by atoms with Gasteiger partial charge in [0, 0.05) is 41.5 Å². The molecule has 0 aromatic carbocycles. The fraction of sp³-hybridized carbons (Fsp3) is 0.682. The van der Waals surface area contributed by atoms with Crippen LogP contribution in [0.25, 0.3) is 0 Å². The van der Waals surface area contributed by atoms with Crippen LogP contribution >= 0.6 is 0 Å². The number of halogens is 1. The number of rotatable bonds is 10. The summed E-state index contributed by atoms with van der Waals surface area (Å²) in [6.45, 7) is 4.89. The van der Waals surface area contributed by atoms with Crippen LogP contribution < -0.4 is 5.32 Å². The van der Waals surface area contributed by atoms with Crippen molar-refractivity contribution in [2.24, 2.45) is 0 Å². The van der Waals surface area contributed by atoms with Gasteiger partial charge in [-0.15, -0.1) is 0 Å². The van der Waals surface area contributed by atoms with Crippen molar-refractivity contribution in [2.75, 3.05) is 13.7 Å². The molecule has 0 bridgehead atoms. The maximum atomic E-state index is 16.0. The van der Waals surface area contributed by atoms with Gasteiger partial charge in [0.1, 0.15) is 12.7 Å². The van der Waals surface area contributed by atoms with E-state index in [0.717, 1.165) is 48.7 Å². The Bertz CT molecular complexity index is 954. The van der Waals surface area contributed by atoms with Crippen LogP contribution in [0.2, 0.25) is 0 Å². The maximum absolute atomic E-state index is 16.0. The number of amides is 1. The minimum Gasteiger partial charge on any atom is -0.464 e. The molecule has 214 valence electrons. The third-order valence-corrected chi connectivity index (χ3v) is 4.87. The molecule has 16 heteroatoms. The Morgan fingerprint density at radius 3 is 1.87 bits per heavy atom. The Kier molecular flexibility index (Phi) is 11.6. The second kappa shape index (κ2) is 13.6. The highest BCUT2D eigenvalue weighted by Gasteiger charge is 2.67. The molecular weight excluding hydrogens is 521 g/mol. The first-order valence-corrected chi connectivity index (χ1v) is 11.1. The van der Waals surface area contributed by atoms with Gasteiger partial charge in [0.2, 0.25) is 12.1 Å². The molecule has 38 heavy (non-hydrogen) atoms. The van der Waals surface area contributed by atoms with Crippen LogP contribution in [0.4, 0.5) is 4.39 Å². The summed E-state index contributed by atoms with van der Waals surface area (Å²) in [5.74, 6) is -10.8. The first kappa shape index (κ1) is 32.2. The van der Waals surface area contributed by atoms with Gasteiger partial charge >= 0.3 is 41.6 Å². The van der Waals surface area contributed by atoms with Crippen molar-refractivity contribution in [2.45, 2.75) is 84.0 Å². The van der Waals surface area contributed by atoms with E-state index in [0.29, 0.717) is 0 Å². The van der Waals surface area contributed by atoms with Crippen LogP contribution in [-0.2, 0) is 66.7 Å². The van der Waals surface area contributed by atoms with Crippen molar-refractivity contribution in [1.29, 1.82) is 0 Å². The standard InChI is InChI=1S/C22H30FNO14/c1-9(25)24-16-18(17(35-12(4)28)15(34-11(3)27)8-33-10(2)26)38-22(21(31)32-7,37-14(6)30)20(23)19(16)36-13(5)29/h15-20H,8H2,1-7H3,(H,24,25)/t15-,16+,17-,18+,19+,20+,22-/m1/s1. The Morgan fingerprint density at radius 2 is 1.45 bits per heavy atom. The lowest BCUT2D eigenvalue weighted by molar-refractivity contribution is -0.326. The van der Waals surface area contributed by atoms with E-state index >= 15 is 4.39 Å². The van der Waals surface area contributed by atoms with Crippen LogP contribution in [0.3, 0.4) is 0 Å². The summed E-state index contributed by atoms with van der Waals surface area (Å²) >= 11 is 0. The van der Waals surface area contributed by atoms with E-state index in [-0.39, 0.29) is 0 Å². The van der Waals surface area contributed by atoms with E-state index in [1.54, 1.807) is 0 Å². The highest BCUT2D eigenvalue weighted by atomic mass is 19.1. The minimum absolute atomic E-state index is 0.740. The quantitative estimate of drug-likeness (QED) is 0.257. The van der Waals surface area contributed by atoms with E-state index in [4.69, 9.17) is 28.4 Å². The molecule has 1 aliphatic rings. The molecule has 0 aliphatic carbocycles. The number of alkyl halides is 1. The number of carbonyl (C=O) groups is 7. The summed E-state index contributed by atoms with van der Waals surface area (Å²) in [7, 11) is 0.811. The van der Waals surface area contributed by atoms with Crippen molar-refractivity contribution in [3.05, 3.63) is 0 Å². The van der Waals surface area contributed by atoms with Crippen LogP contribution in [0, 0.1) is 0 Å². The summed E-state index contributed by atoms with van der Waals surface area (Å²) in [4.78, 5) is 84.0. The van der Waals surface area contributed by atoms with Crippen molar-refractivity contribution in [3.63, 3.8) is 0 Å². The lowest BCUT2D eigenvalue weighted by atomic mass is 9.86. The second-order valence-corrected chi connectivity index (χ2v) is 8.06. The molecule has 1 fully saturated rings. The summed E-state index contributed by atoms with van der Waals surface area (Å²) < 4.78 is 51.4. The lowest BCUT2D eigenvalue weighted by Crippen LogP contribution is -2.74. The number of hydrogen-bond acceptors (Lipinski definition) is 14. The smallest absolute Gasteiger partial charge is 0.383 e. The predicted octanol–water partition coefficient (Wildman–Crippen LogP) is -0.981. The molecule has 1 N–H and O–H groups in total. The first-order valence-electron chi connectivity index (χ1n) is 11.1. The third-order valence-electron chi connectivity index (χ3n) is 4.87. The number of methoxy groups -OCH3 is 1. The zero-order chi connectivity index (χ0) is 29.4. The topological polar surface area (TPSA) is 196 Å². The maximum Gasteiger partial charge on any atom is 0.383 e. The van der Waals surface area contributed by atoms with Gasteiger partial charge in [-0.2, -0.15) is 0 Å². The number of nitrogens with one attached hydrogen (secondary N) is 1.